The van der Waals surface area contributed by atoms with Gasteiger partial charge in [-0.3, -0.25) is 9.59 Å². The zero-order chi connectivity index (χ0) is 19.6. The molecule has 142 valence electrons. The lowest BCUT2D eigenvalue weighted by molar-refractivity contribution is -0.125. The Bertz CT molecular complexity index is 861. The molecule has 0 aromatic heterocycles. The second-order valence-electron chi connectivity index (χ2n) is 6.32. The smallest absolute Gasteiger partial charge is 0.254 e. The van der Waals surface area contributed by atoms with Gasteiger partial charge in [-0.15, -0.1) is 0 Å². The number of carbonyl (C=O) groups is 2. The van der Waals surface area contributed by atoms with E-state index in [9.17, 15) is 23.5 Å². The molecule has 2 aromatic carbocycles. The minimum Gasteiger partial charge on any atom is -0.391 e. The van der Waals surface area contributed by atoms with E-state index < -0.39 is 35.6 Å². The average Bonchev–Trinajstić information content (AvgIpc) is 3.04. The fourth-order valence-electron chi connectivity index (χ4n) is 3.02. The van der Waals surface area contributed by atoms with Crippen LogP contribution in [-0.4, -0.2) is 40.5 Å². The first-order valence-corrected chi connectivity index (χ1v) is 9.10. The van der Waals surface area contributed by atoms with E-state index in [1.165, 1.54) is 23.1 Å². The summed E-state index contributed by atoms with van der Waals surface area (Å²) in [6, 6.07) is 8.48. The number of β-amino-alcohol motifs (C(OH)–C–C–N with tert-alkyl or cyclic N) is 1. The van der Waals surface area contributed by atoms with Gasteiger partial charge in [-0.1, -0.05) is 15.9 Å². The van der Waals surface area contributed by atoms with E-state index in [0.717, 1.165) is 12.1 Å². The monoisotopic (exact) mass is 438 g/mol. The molecule has 0 spiro atoms. The number of nitrogens with one attached hydrogen (secondary N) is 1. The molecule has 2 amide bonds. The van der Waals surface area contributed by atoms with Gasteiger partial charge >= 0.3 is 0 Å². The number of halogens is 3. The van der Waals surface area contributed by atoms with Crippen LogP contribution in [0.15, 0.2) is 46.9 Å². The Morgan fingerprint density at radius 1 is 1.19 bits per heavy atom. The van der Waals surface area contributed by atoms with Gasteiger partial charge in [0.15, 0.2) is 0 Å². The van der Waals surface area contributed by atoms with Gasteiger partial charge in [-0.2, -0.15) is 0 Å². The molecule has 5 nitrogen and oxygen atoms in total. The molecular formula is C19H17BrF2N2O3. The first-order chi connectivity index (χ1) is 12.8. The van der Waals surface area contributed by atoms with E-state index in [1.54, 1.807) is 12.1 Å². The second kappa shape index (κ2) is 8.14. The van der Waals surface area contributed by atoms with Crippen molar-refractivity contribution in [2.75, 3.05) is 6.54 Å². The third kappa shape index (κ3) is 4.51. The van der Waals surface area contributed by atoms with Crippen molar-refractivity contribution >= 4 is 27.7 Å². The van der Waals surface area contributed by atoms with E-state index in [2.05, 4.69) is 21.2 Å². The number of benzene rings is 2. The highest BCUT2D eigenvalue weighted by molar-refractivity contribution is 9.10. The summed E-state index contributed by atoms with van der Waals surface area (Å²) in [5.41, 5.74) is 0.522. The predicted molar refractivity (Wildman–Crippen MR) is 97.8 cm³/mol. The summed E-state index contributed by atoms with van der Waals surface area (Å²) < 4.78 is 27.5. The van der Waals surface area contributed by atoms with Crippen molar-refractivity contribution in [1.29, 1.82) is 0 Å². The normalized spacial score (nSPS) is 19.2. The van der Waals surface area contributed by atoms with Crippen molar-refractivity contribution < 1.29 is 23.5 Å². The van der Waals surface area contributed by atoms with Gasteiger partial charge in [0.1, 0.15) is 17.7 Å². The largest absolute Gasteiger partial charge is 0.391 e. The summed E-state index contributed by atoms with van der Waals surface area (Å²) >= 11 is 3.25. The summed E-state index contributed by atoms with van der Waals surface area (Å²) in [6.07, 6.45) is -0.757. The highest BCUT2D eigenvalue weighted by Gasteiger charge is 2.39. The van der Waals surface area contributed by atoms with E-state index in [1.807, 2.05) is 0 Å². The lowest BCUT2D eigenvalue weighted by atomic mass is 10.1. The molecule has 1 heterocycles. The van der Waals surface area contributed by atoms with Crippen molar-refractivity contribution in [1.82, 2.24) is 10.2 Å². The molecule has 2 atom stereocenters. The molecular weight excluding hydrogens is 422 g/mol. The van der Waals surface area contributed by atoms with Gasteiger partial charge in [-0.05, 0) is 42.5 Å². The molecule has 0 bridgehead atoms. The van der Waals surface area contributed by atoms with Crippen LogP contribution in [0.1, 0.15) is 22.3 Å². The molecule has 0 aliphatic carbocycles. The fraction of sp³-hybridized carbons (Fsp3) is 0.263. The number of amides is 2. The Kier molecular flexibility index (Phi) is 5.86. The predicted octanol–water partition coefficient (Wildman–Crippen LogP) is 2.62. The van der Waals surface area contributed by atoms with Gasteiger partial charge < -0.3 is 15.3 Å². The Hall–Kier alpha value is -2.32. The number of aliphatic hydroxyl groups is 1. The zero-order valence-electron chi connectivity index (χ0n) is 14.2. The molecule has 1 fully saturated rings. The minimum absolute atomic E-state index is 0.000454. The molecule has 3 rings (SSSR count). The number of aliphatic hydroxyl groups excluding tert-OH is 1. The van der Waals surface area contributed by atoms with Crippen LogP contribution in [0.2, 0.25) is 0 Å². The molecule has 1 saturated heterocycles. The summed E-state index contributed by atoms with van der Waals surface area (Å²) in [5, 5.41) is 12.5. The first kappa shape index (κ1) is 19.4. The maximum absolute atomic E-state index is 13.8. The third-order valence-corrected chi connectivity index (χ3v) is 4.89. The molecule has 1 aliphatic rings. The van der Waals surface area contributed by atoms with E-state index in [4.69, 9.17) is 0 Å². The number of likely N-dealkylation sites (tertiary alicyclic amines) is 1. The summed E-state index contributed by atoms with van der Waals surface area (Å²) in [6.45, 7) is -0.0468. The Morgan fingerprint density at radius 3 is 2.59 bits per heavy atom. The average molecular weight is 439 g/mol. The number of hydrogen-bond donors (Lipinski definition) is 2. The summed E-state index contributed by atoms with van der Waals surface area (Å²) in [7, 11) is 0. The number of hydrogen-bond acceptors (Lipinski definition) is 3. The van der Waals surface area contributed by atoms with Gasteiger partial charge in [0.05, 0.1) is 6.10 Å². The summed E-state index contributed by atoms with van der Waals surface area (Å²) in [4.78, 5) is 26.4. The highest BCUT2D eigenvalue weighted by atomic mass is 79.9. The fourth-order valence-corrected chi connectivity index (χ4v) is 3.43. The van der Waals surface area contributed by atoms with E-state index >= 15 is 0 Å². The minimum atomic E-state index is -0.882. The molecule has 27 heavy (non-hydrogen) atoms. The lowest BCUT2D eigenvalue weighted by Crippen LogP contribution is -2.45. The maximum atomic E-state index is 13.8. The number of rotatable bonds is 4. The SMILES string of the molecule is O=C(NCc1cc(Br)ccc1F)[C@H]1C[C@H](O)CN1C(=O)c1ccc(F)cc1. The molecule has 2 N–H and O–H groups in total. The van der Waals surface area contributed by atoms with Crippen LogP contribution in [-0.2, 0) is 11.3 Å². The summed E-state index contributed by atoms with van der Waals surface area (Å²) in [5.74, 6) is -1.88. The Balaban J connectivity index is 1.71. The maximum Gasteiger partial charge on any atom is 0.254 e. The molecule has 0 saturated carbocycles. The van der Waals surface area contributed by atoms with Crippen LogP contribution in [0.5, 0.6) is 0 Å². The second-order valence-corrected chi connectivity index (χ2v) is 7.24. The topological polar surface area (TPSA) is 69.6 Å². The Labute approximate surface area is 163 Å². The van der Waals surface area contributed by atoms with Crippen LogP contribution in [0.4, 0.5) is 8.78 Å². The van der Waals surface area contributed by atoms with Crippen molar-refractivity contribution in [2.24, 2.45) is 0 Å². The molecule has 8 heteroatoms. The quantitative estimate of drug-likeness (QED) is 0.770. The Morgan fingerprint density at radius 2 is 1.89 bits per heavy atom. The molecule has 2 aromatic rings. The van der Waals surface area contributed by atoms with Crippen molar-refractivity contribution in [3.05, 3.63) is 69.7 Å². The van der Waals surface area contributed by atoms with E-state index in [0.29, 0.717) is 10.0 Å². The molecule has 1 aliphatic heterocycles. The van der Waals surface area contributed by atoms with Gasteiger partial charge in [0.2, 0.25) is 5.91 Å². The van der Waals surface area contributed by atoms with Gasteiger partial charge in [0.25, 0.3) is 5.91 Å². The van der Waals surface area contributed by atoms with Crippen molar-refractivity contribution in [3.63, 3.8) is 0 Å². The highest BCUT2D eigenvalue weighted by Crippen LogP contribution is 2.22. The van der Waals surface area contributed by atoms with Crippen LogP contribution >= 0.6 is 15.9 Å². The van der Waals surface area contributed by atoms with Crippen LogP contribution in [0.25, 0.3) is 0 Å². The van der Waals surface area contributed by atoms with Crippen LogP contribution in [0.3, 0.4) is 0 Å². The lowest BCUT2D eigenvalue weighted by Gasteiger charge is -2.24. The van der Waals surface area contributed by atoms with Crippen LogP contribution < -0.4 is 5.32 Å². The van der Waals surface area contributed by atoms with Gasteiger partial charge in [-0.25, -0.2) is 8.78 Å². The number of nitrogens with zero attached hydrogens (tertiary/aromatic N) is 1. The third-order valence-electron chi connectivity index (χ3n) is 4.39. The van der Waals surface area contributed by atoms with E-state index in [-0.39, 0.29) is 25.1 Å². The van der Waals surface area contributed by atoms with Crippen LogP contribution in [0, 0.1) is 11.6 Å². The van der Waals surface area contributed by atoms with Crippen molar-refractivity contribution in [3.8, 4) is 0 Å². The first-order valence-electron chi connectivity index (χ1n) is 8.31. The van der Waals surface area contributed by atoms with Crippen molar-refractivity contribution in [2.45, 2.75) is 25.1 Å². The van der Waals surface area contributed by atoms with Gasteiger partial charge in [0, 0.05) is 35.1 Å². The molecule has 0 radical (unpaired) electrons. The standard InChI is InChI=1S/C19H17BrF2N2O3/c20-13-3-6-16(22)12(7-13)9-23-18(26)17-8-15(25)10-24(17)19(27)11-1-4-14(21)5-2-11/h1-7,15,17,25H,8-10H2,(H,23,26)/t15-,17+/m0/s1. The molecule has 0 unspecified atom stereocenters. The zero-order valence-corrected chi connectivity index (χ0v) is 15.7. The number of carbonyl (C=O) groups excluding carboxylic acids is 2.